The fraction of sp³-hybridized carbons (Fsp3) is 1.00. The van der Waals surface area contributed by atoms with Gasteiger partial charge in [0, 0.05) is 7.11 Å². The van der Waals surface area contributed by atoms with Crippen molar-refractivity contribution in [2.45, 2.75) is 0 Å². The van der Waals surface area contributed by atoms with Crippen LogP contribution in [-0.4, -0.2) is 19.9 Å². The van der Waals surface area contributed by atoms with Gasteiger partial charge in [-0.05, 0) is 0 Å². The first-order valence-corrected chi connectivity index (χ1v) is 3.46. The van der Waals surface area contributed by atoms with Crippen molar-refractivity contribution in [1.29, 1.82) is 0 Å². The minimum atomic E-state index is -2.00. The quantitative estimate of drug-likeness (QED) is 0.529. The van der Waals surface area contributed by atoms with E-state index in [1.54, 1.807) is 0 Å². The van der Waals surface area contributed by atoms with Gasteiger partial charge in [-0.15, -0.1) is 0 Å². The minimum Gasteiger partial charge on any atom is -0.334 e. The molecule has 4 heteroatoms. The smallest absolute Gasteiger partial charge is 0.193 e. The average Bonchev–Trinajstić information content (AvgIpc) is 1.68. The Balaban J connectivity index is 3.00. The van der Waals surface area contributed by atoms with Crippen molar-refractivity contribution < 1.29 is 13.5 Å². The molecule has 44 valence electrons. The molecule has 0 aromatic heterocycles. The minimum absolute atomic E-state index is 0.0567. The average molecular weight is 126 g/mol. The molecule has 0 aromatic rings. The molecule has 0 radical (unpaired) electrons. The van der Waals surface area contributed by atoms with Crippen LogP contribution < -0.4 is 0 Å². The number of rotatable bonds is 3. The third kappa shape index (κ3) is 3.96. The Labute approximate surface area is 42.5 Å². The molecule has 0 fully saturated rings. The van der Waals surface area contributed by atoms with Crippen molar-refractivity contribution in [3.8, 4) is 0 Å². The zero-order valence-electron chi connectivity index (χ0n) is 4.11. The van der Waals surface area contributed by atoms with Crippen LogP contribution in [0.1, 0.15) is 0 Å². The van der Waals surface area contributed by atoms with E-state index in [0.29, 0.717) is 0 Å². The van der Waals surface area contributed by atoms with E-state index in [4.69, 9.17) is 0 Å². The van der Waals surface area contributed by atoms with Gasteiger partial charge < -0.3 is 4.52 Å². The molecule has 2 nitrogen and oxygen atoms in total. The summed E-state index contributed by atoms with van der Waals surface area (Å²) in [6.45, 7) is -0.550. The lowest BCUT2D eigenvalue weighted by Crippen LogP contribution is -1.79. The Morgan fingerprint density at radius 2 is 2.43 bits per heavy atom. The molecule has 0 aliphatic carbocycles. The van der Waals surface area contributed by atoms with Gasteiger partial charge in [-0.2, -0.15) is 0 Å². The molecule has 0 spiro atoms. The maximum atomic E-state index is 11.2. The Morgan fingerprint density at radius 1 is 1.86 bits per heavy atom. The van der Waals surface area contributed by atoms with Crippen LogP contribution in [0.3, 0.4) is 0 Å². The summed E-state index contributed by atoms with van der Waals surface area (Å²) in [4.78, 5) is 0. The zero-order chi connectivity index (χ0) is 5.70. The molecule has 0 aromatic carbocycles. The lowest BCUT2D eigenvalue weighted by atomic mass is 10.9. The second-order valence-corrected chi connectivity index (χ2v) is 2.67. The molecular weight excluding hydrogens is 118 g/mol. The molecule has 1 unspecified atom stereocenters. The van der Waals surface area contributed by atoms with Crippen molar-refractivity contribution >= 4 is 8.03 Å². The fourth-order valence-electron chi connectivity index (χ4n) is 0.179. The summed E-state index contributed by atoms with van der Waals surface area (Å²) in [5.74, 6) is 0. The molecule has 1 atom stereocenters. The highest BCUT2D eigenvalue weighted by atomic mass is 31.1. The van der Waals surface area contributed by atoms with Crippen LogP contribution in [0.5, 0.6) is 0 Å². The highest BCUT2D eigenvalue weighted by Gasteiger charge is 1.91. The first-order valence-electron chi connectivity index (χ1n) is 1.94. The Morgan fingerprint density at radius 3 is 2.57 bits per heavy atom. The molecule has 0 amide bonds. The van der Waals surface area contributed by atoms with Gasteiger partial charge >= 0.3 is 0 Å². The summed E-state index contributed by atoms with van der Waals surface area (Å²) in [5, 5.41) is 0. The van der Waals surface area contributed by atoms with E-state index in [0.717, 1.165) is 0 Å². The topological polar surface area (TPSA) is 26.3 Å². The van der Waals surface area contributed by atoms with Crippen molar-refractivity contribution in [3.05, 3.63) is 0 Å². The molecule has 0 N–H and O–H groups in total. The highest BCUT2D eigenvalue weighted by Crippen LogP contribution is 2.18. The Kier molecular flexibility index (Phi) is 4.36. The predicted octanol–water partition coefficient (Wildman–Crippen LogP) is 1.08. The second kappa shape index (κ2) is 4.28. The highest BCUT2D eigenvalue weighted by molar-refractivity contribution is 7.39. The van der Waals surface area contributed by atoms with Crippen LogP contribution in [0.25, 0.3) is 0 Å². The van der Waals surface area contributed by atoms with Crippen molar-refractivity contribution in [2.24, 2.45) is 0 Å². The predicted molar refractivity (Wildman–Crippen MR) is 26.9 cm³/mol. The van der Waals surface area contributed by atoms with Gasteiger partial charge in [0.05, 0.1) is 12.8 Å². The molecule has 0 saturated carbocycles. The van der Waals surface area contributed by atoms with Crippen LogP contribution in [0.4, 0.5) is 4.39 Å². The summed E-state index contributed by atoms with van der Waals surface area (Å²) in [7, 11) is -0.688. The van der Waals surface area contributed by atoms with Crippen LogP contribution in [0.15, 0.2) is 0 Å². The lowest BCUT2D eigenvalue weighted by Gasteiger charge is -1.89. The van der Waals surface area contributed by atoms with Gasteiger partial charge in [0.15, 0.2) is 8.03 Å². The van der Waals surface area contributed by atoms with E-state index in [-0.39, 0.29) is 6.16 Å². The Hall–Kier alpha value is 0.120. The molecule has 0 bridgehead atoms. The summed E-state index contributed by atoms with van der Waals surface area (Å²) in [6, 6.07) is 0. The van der Waals surface area contributed by atoms with Crippen molar-refractivity contribution in [1.82, 2.24) is 0 Å². The van der Waals surface area contributed by atoms with E-state index in [1.165, 1.54) is 7.11 Å². The Bertz CT molecular complexity index is 66.0. The number of alkyl halides is 1. The summed E-state index contributed by atoms with van der Waals surface area (Å²) >= 11 is 0. The molecular formula is C3H8FO2P. The van der Waals surface area contributed by atoms with Gasteiger partial charge in [-0.3, -0.25) is 8.96 Å². The van der Waals surface area contributed by atoms with E-state index < -0.39 is 14.7 Å². The van der Waals surface area contributed by atoms with E-state index in [1.807, 2.05) is 0 Å². The van der Waals surface area contributed by atoms with E-state index in [2.05, 4.69) is 4.52 Å². The van der Waals surface area contributed by atoms with Gasteiger partial charge in [0.1, 0.15) is 0 Å². The van der Waals surface area contributed by atoms with Crippen LogP contribution in [0.2, 0.25) is 0 Å². The molecule has 0 aliphatic heterocycles. The number of halogens is 1. The van der Waals surface area contributed by atoms with E-state index in [9.17, 15) is 8.96 Å². The van der Waals surface area contributed by atoms with Gasteiger partial charge in [-0.1, -0.05) is 0 Å². The van der Waals surface area contributed by atoms with Crippen molar-refractivity contribution in [2.75, 3.05) is 19.9 Å². The summed E-state index contributed by atoms with van der Waals surface area (Å²) in [5.41, 5.74) is 0. The monoisotopic (exact) mass is 126 g/mol. The van der Waals surface area contributed by atoms with Gasteiger partial charge in [0.2, 0.25) is 0 Å². The SMILES string of the molecule is CO[PH](=O)CCF. The van der Waals surface area contributed by atoms with Crippen LogP contribution in [0, 0.1) is 0 Å². The second-order valence-electron chi connectivity index (χ2n) is 1.02. The third-order valence-corrected chi connectivity index (χ3v) is 1.58. The maximum absolute atomic E-state index is 11.2. The standard InChI is InChI=1S/C3H8FO2P/c1-6-7(5)3-2-4/h7H,2-3H2,1H3. The van der Waals surface area contributed by atoms with Crippen LogP contribution >= 0.6 is 8.03 Å². The molecule has 0 saturated heterocycles. The summed E-state index contributed by atoms with van der Waals surface area (Å²) in [6.07, 6.45) is 0.0567. The fourth-order valence-corrected chi connectivity index (χ4v) is 0.538. The zero-order valence-corrected chi connectivity index (χ0v) is 5.11. The van der Waals surface area contributed by atoms with Gasteiger partial charge in [-0.25, -0.2) is 0 Å². The first-order chi connectivity index (χ1) is 3.31. The van der Waals surface area contributed by atoms with Gasteiger partial charge in [0.25, 0.3) is 0 Å². The molecule has 0 rings (SSSR count). The lowest BCUT2D eigenvalue weighted by molar-refractivity contribution is 0.406. The third-order valence-electron chi connectivity index (χ3n) is 0.526. The normalized spacial score (nSPS) is 14.0. The molecule has 0 aliphatic rings. The first kappa shape index (κ1) is 7.12. The molecule has 0 heterocycles. The molecule has 7 heavy (non-hydrogen) atoms. The summed E-state index contributed by atoms with van der Waals surface area (Å²) < 4.78 is 25.6. The van der Waals surface area contributed by atoms with Crippen molar-refractivity contribution in [3.63, 3.8) is 0 Å². The van der Waals surface area contributed by atoms with Crippen LogP contribution in [-0.2, 0) is 9.09 Å². The maximum Gasteiger partial charge on any atom is 0.193 e. The number of hydrogen-bond acceptors (Lipinski definition) is 2. The largest absolute Gasteiger partial charge is 0.334 e. The van der Waals surface area contributed by atoms with E-state index >= 15 is 0 Å². The number of hydrogen-bond donors (Lipinski definition) is 0.